The van der Waals surface area contributed by atoms with E-state index in [2.05, 4.69) is 109 Å². The van der Waals surface area contributed by atoms with Crippen LogP contribution < -0.4 is 0 Å². The minimum Gasteiger partial charge on any atom is -0.455 e. The summed E-state index contributed by atoms with van der Waals surface area (Å²) >= 11 is 0. The highest BCUT2D eigenvalue weighted by Crippen LogP contribution is 2.39. The van der Waals surface area contributed by atoms with E-state index in [0.717, 1.165) is 60.9 Å². The van der Waals surface area contributed by atoms with E-state index in [1.165, 1.54) is 11.1 Å². The van der Waals surface area contributed by atoms with Crippen LogP contribution in [0.1, 0.15) is 0 Å². The Hall–Kier alpha value is -6.65. The average molecular weight is 628 g/mol. The molecule has 0 radical (unpaired) electrons. The fourth-order valence-corrected chi connectivity index (χ4v) is 6.48. The first-order valence-electron chi connectivity index (χ1n) is 16.4. The lowest BCUT2D eigenvalue weighted by Gasteiger charge is -2.09. The van der Waals surface area contributed by atoms with Crippen LogP contribution in [0.4, 0.5) is 0 Å². The van der Waals surface area contributed by atoms with E-state index < -0.39 is 0 Å². The number of para-hydroxylation sites is 1. The van der Waals surface area contributed by atoms with Crippen LogP contribution in [0.15, 0.2) is 180 Å². The molecular weight excluding hydrogens is 599 g/mol. The van der Waals surface area contributed by atoms with E-state index in [0.29, 0.717) is 17.5 Å². The van der Waals surface area contributed by atoms with Crippen molar-refractivity contribution in [1.29, 1.82) is 0 Å². The minimum absolute atomic E-state index is 0.631. The fourth-order valence-electron chi connectivity index (χ4n) is 6.48. The van der Waals surface area contributed by atoms with Gasteiger partial charge in [0.25, 0.3) is 0 Å². The van der Waals surface area contributed by atoms with Gasteiger partial charge in [0.05, 0.1) is 0 Å². The van der Waals surface area contributed by atoms with Crippen molar-refractivity contribution in [3.63, 3.8) is 0 Å². The molecule has 0 saturated carbocycles. The number of nitrogens with zero attached hydrogens (tertiary/aromatic N) is 3. The van der Waals surface area contributed by atoms with Crippen LogP contribution in [-0.4, -0.2) is 15.0 Å². The molecule has 2 heterocycles. The Morgan fingerprint density at radius 3 is 1.43 bits per heavy atom. The Morgan fingerprint density at radius 1 is 0.306 bits per heavy atom. The summed E-state index contributed by atoms with van der Waals surface area (Å²) in [6.45, 7) is 0. The molecule has 0 atom stereocenters. The monoisotopic (exact) mass is 627 g/mol. The Kier molecular flexibility index (Phi) is 7.10. The number of fused-ring (bicyclic) bond motifs is 3. The summed E-state index contributed by atoms with van der Waals surface area (Å²) in [5, 5.41) is 2.17. The molecule has 0 aliphatic heterocycles. The molecule has 0 aliphatic carbocycles. The third-order valence-electron chi connectivity index (χ3n) is 8.93. The second kappa shape index (κ2) is 12.2. The van der Waals surface area contributed by atoms with Crippen molar-refractivity contribution in [1.82, 2.24) is 15.0 Å². The highest BCUT2D eigenvalue weighted by Gasteiger charge is 2.16. The first kappa shape index (κ1) is 28.6. The Morgan fingerprint density at radius 2 is 0.776 bits per heavy atom. The molecule has 4 nitrogen and oxygen atoms in total. The van der Waals surface area contributed by atoms with Crippen LogP contribution in [0.5, 0.6) is 0 Å². The zero-order valence-electron chi connectivity index (χ0n) is 26.5. The van der Waals surface area contributed by atoms with Crippen LogP contribution in [0.2, 0.25) is 0 Å². The summed E-state index contributed by atoms with van der Waals surface area (Å²) in [5.74, 6) is 1.92. The topological polar surface area (TPSA) is 51.8 Å². The largest absolute Gasteiger partial charge is 0.455 e. The van der Waals surface area contributed by atoms with E-state index in [1.54, 1.807) is 0 Å². The first-order valence-corrected chi connectivity index (χ1v) is 16.4. The summed E-state index contributed by atoms with van der Waals surface area (Å²) in [6.07, 6.45) is 0. The van der Waals surface area contributed by atoms with Gasteiger partial charge < -0.3 is 4.42 Å². The molecule has 9 rings (SSSR count). The van der Waals surface area contributed by atoms with Gasteiger partial charge in [-0.25, -0.2) is 15.0 Å². The maximum atomic E-state index is 6.55. The second-order valence-electron chi connectivity index (χ2n) is 12.1. The van der Waals surface area contributed by atoms with Gasteiger partial charge in [-0.2, -0.15) is 0 Å². The lowest BCUT2D eigenvalue weighted by molar-refractivity contribution is 0.670. The van der Waals surface area contributed by atoms with Gasteiger partial charge in [-0.3, -0.25) is 0 Å². The summed E-state index contributed by atoms with van der Waals surface area (Å²) in [6, 6.07) is 60.5. The van der Waals surface area contributed by atoms with Gasteiger partial charge in [-0.15, -0.1) is 0 Å². The van der Waals surface area contributed by atoms with Crippen LogP contribution in [0.3, 0.4) is 0 Å². The highest BCUT2D eigenvalue weighted by molar-refractivity contribution is 6.10. The molecule has 7 aromatic carbocycles. The molecule has 0 spiro atoms. The smallest absolute Gasteiger partial charge is 0.164 e. The van der Waals surface area contributed by atoms with Gasteiger partial charge >= 0.3 is 0 Å². The van der Waals surface area contributed by atoms with Crippen molar-refractivity contribution in [3.05, 3.63) is 176 Å². The van der Waals surface area contributed by atoms with Crippen molar-refractivity contribution in [2.24, 2.45) is 0 Å². The van der Waals surface area contributed by atoms with Crippen LogP contribution in [0, 0.1) is 0 Å². The average Bonchev–Trinajstić information content (AvgIpc) is 3.57. The SMILES string of the molecule is c1ccc(-c2cccc(-c3cccc4c3oc3ccc(-c5cccc(-c6nc(-c7ccccc7)nc(-c7ccccc7)n6)c5)cc34)c2)cc1. The summed E-state index contributed by atoms with van der Waals surface area (Å²) < 4.78 is 6.55. The van der Waals surface area contributed by atoms with E-state index in [1.807, 2.05) is 66.7 Å². The maximum Gasteiger partial charge on any atom is 0.164 e. The Labute approximate surface area is 284 Å². The summed E-state index contributed by atoms with van der Waals surface area (Å²) in [5.41, 5.74) is 11.3. The van der Waals surface area contributed by atoms with Crippen LogP contribution >= 0.6 is 0 Å². The van der Waals surface area contributed by atoms with Gasteiger partial charge in [-0.1, -0.05) is 152 Å². The predicted molar refractivity (Wildman–Crippen MR) is 200 cm³/mol. The molecule has 0 unspecified atom stereocenters. The van der Waals surface area contributed by atoms with Gasteiger partial charge in [0, 0.05) is 33.0 Å². The molecule has 4 heteroatoms. The molecule has 230 valence electrons. The van der Waals surface area contributed by atoms with E-state index in [4.69, 9.17) is 19.4 Å². The third kappa shape index (κ3) is 5.45. The molecule has 0 aliphatic rings. The number of rotatable bonds is 6. The second-order valence-corrected chi connectivity index (χ2v) is 12.1. The molecule has 9 aromatic rings. The van der Waals surface area contributed by atoms with Crippen molar-refractivity contribution in [3.8, 4) is 67.5 Å². The Bertz CT molecular complexity index is 2540. The third-order valence-corrected chi connectivity index (χ3v) is 8.93. The van der Waals surface area contributed by atoms with Crippen molar-refractivity contribution >= 4 is 21.9 Å². The number of aromatic nitrogens is 3. The molecule has 0 N–H and O–H groups in total. The van der Waals surface area contributed by atoms with Crippen molar-refractivity contribution in [2.45, 2.75) is 0 Å². The summed E-state index contributed by atoms with van der Waals surface area (Å²) in [7, 11) is 0. The van der Waals surface area contributed by atoms with E-state index in [-0.39, 0.29) is 0 Å². The zero-order chi connectivity index (χ0) is 32.6. The number of benzene rings is 7. The lowest BCUT2D eigenvalue weighted by atomic mass is 9.97. The zero-order valence-corrected chi connectivity index (χ0v) is 26.5. The molecular formula is C45H29N3O. The number of hydrogen-bond donors (Lipinski definition) is 0. The van der Waals surface area contributed by atoms with Gasteiger partial charge in [-0.05, 0) is 52.1 Å². The standard InChI is InChI=1S/C45H29N3O/c1-4-13-30(14-5-1)33-19-10-21-36(27-33)38-23-12-24-39-40-29-35(25-26-41(40)49-42(38)39)34-20-11-22-37(28-34)45-47-43(31-15-6-2-7-16-31)46-44(48-45)32-17-8-3-9-18-32/h1-29H. The van der Waals surface area contributed by atoms with Gasteiger partial charge in [0.15, 0.2) is 17.5 Å². The van der Waals surface area contributed by atoms with Crippen LogP contribution in [0.25, 0.3) is 89.5 Å². The number of furan rings is 1. The quantitative estimate of drug-likeness (QED) is 0.184. The fraction of sp³-hybridized carbons (Fsp3) is 0. The van der Waals surface area contributed by atoms with Crippen molar-refractivity contribution < 1.29 is 4.42 Å². The predicted octanol–water partition coefficient (Wildman–Crippen LogP) is 11.8. The summed E-state index contributed by atoms with van der Waals surface area (Å²) in [4.78, 5) is 14.7. The molecule has 49 heavy (non-hydrogen) atoms. The minimum atomic E-state index is 0.631. The first-order chi connectivity index (χ1) is 24.3. The molecule has 0 bridgehead atoms. The highest BCUT2D eigenvalue weighted by atomic mass is 16.3. The van der Waals surface area contributed by atoms with Crippen LogP contribution in [-0.2, 0) is 0 Å². The number of hydrogen-bond acceptors (Lipinski definition) is 4. The van der Waals surface area contributed by atoms with Crippen molar-refractivity contribution in [2.75, 3.05) is 0 Å². The molecule has 2 aromatic heterocycles. The maximum absolute atomic E-state index is 6.55. The van der Waals surface area contributed by atoms with Gasteiger partial charge in [0.1, 0.15) is 11.2 Å². The molecule has 0 amide bonds. The normalized spacial score (nSPS) is 11.3. The molecule has 0 saturated heterocycles. The van der Waals surface area contributed by atoms with E-state index in [9.17, 15) is 0 Å². The Balaban J connectivity index is 1.12. The van der Waals surface area contributed by atoms with E-state index >= 15 is 0 Å². The molecule has 0 fully saturated rings. The lowest BCUT2D eigenvalue weighted by Crippen LogP contribution is -2.00. The van der Waals surface area contributed by atoms with Gasteiger partial charge in [0.2, 0.25) is 0 Å².